The summed E-state index contributed by atoms with van der Waals surface area (Å²) in [5, 5.41) is 13.2. The number of hydrogen-bond donors (Lipinski definition) is 1. The van der Waals surface area contributed by atoms with Crippen molar-refractivity contribution in [3.63, 3.8) is 0 Å². The van der Waals surface area contributed by atoms with Crippen molar-refractivity contribution in [1.29, 1.82) is 5.26 Å². The molecule has 290 valence electrons. The molecule has 0 spiro atoms. The zero-order valence-electron chi connectivity index (χ0n) is 31.9. The van der Waals surface area contributed by atoms with Gasteiger partial charge in [-0.25, -0.2) is 9.59 Å². The molecule has 1 amide bonds. The number of methoxy groups -OCH3 is 2. The van der Waals surface area contributed by atoms with Crippen LogP contribution in [-0.2, 0) is 30.2 Å². The van der Waals surface area contributed by atoms with Crippen molar-refractivity contribution in [2.75, 3.05) is 47.2 Å². The Labute approximate surface area is 318 Å². The quantitative estimate of drug-likeness (QED) is 0.249. The fourth-order valence-electron chi connectivity index (χ4n) is 8.76. The van der Waals surface area contributed by atoms with Crippen LogP contribution < -0.4 is 29.0 Å². The summed E-state index contributed by atoms with van der Waals surface area (Å²) in [7, 11) is 5.16. The average Bonchev–Trinajstić information content (AvgIpc) is 3.59. The van der Waals surface area contributed by atoms with E-state index in [0.29, 0.717) is 51.9 Å². The van der Waals surface area contributed by atoms with Gasteiger partial charge in [-0.2, -0.15) is 5.26 Å². The van der Waals surface area contributed by atoms with E-state index < -0.39 is 59.1 Å². The number of carbonyl (C=O) groups excluding carboxylic acids is 3. The molecule has 2 aromatic rings. The SMILES string of the molecule is COCOc1c(OC)c(C)cc2c1[C@@H]1C3[C@@H]4SCC(NC(=O)OC(C)(C)C)C(=O)OC[C@@H](c5c6c(c(C)c(OC(C)=O)c54)OCO6)N3[C@@H](C#N)[C@H](C2)N1C. The van der Waals surface area contributed by atoms with E-state index >= 15 is 0 Å². The smallest absolute Gasteiger partial charge is 0.408 e. The molecule has 0 radical (unpaired) electrons. The summed E-state index contributed by atoms with van der Waals surface area (Å²) in [6, 6.07) is 1.01. The molecule has 54 heavy (non-hydrogen) atoms. The highest BCUT2D eigenvalue weighted by molar-refractivity contribution is 7.99. The van der Waals surface area contributed by atoms with Crippen molar-refractivity contribution in [3.8, 4) is 34.8 Å². The van der Waals surface area contributed by atoms with Crippen molar-refractivity contribution >= 4 is 29.8 Å². The van der Waals surface area contributed by atoms with Crippen molar-refractivity contribution in [3.05, 3.63) is 39.4 Å². The molecule has 2 aromatic carbocycles. The van der Waals surface area contributed by atoms with E-state index in [-0.39, 0.29) is 32.0 Å². The maximum Gasteiger partial charge on any atom is 0.408 e. The van der Waals surface area contributed by atoms with Crippen LogP contribution in [0, 0.1) is 25.2 Å². The molecule has 2 unspecified atom stereocenters. The topological polar surface area (TPSA) is 167 Å². The van der Waals surface area contributed by atoms with Gasteiger partial charge in [-0.15, -0.1) is 11.8 Å². The number of nitriles is 1. The van der Waals surface area contributed by atoms with Gasteiger partial charge in [0.15, 0.2) is 29.8 Å². The largest absolute Gasteiger partial charge is 0.493 e. The van der Waals surface area contributed by atoms with E-state index in [2.05, 4.69) is 27.3 Å². The number of cyclic esters (lactones) is 1. The highest BCUT2D eigenvalue weighted by atomic mass is 32.2. The van der Waals surface area contributed by atoms with E-state index in [1.54, 1.807) is 35.0 Å². The first-order valence-corrected chi connectivity index (χ1v) is 18.9. The lowest BCUT2D eigenvalue weighted by molar-refractivity contribution is -0.151. The van der Waals surface area contributed by atoms with Gasteiger partial charge in [0.1, 0.15) is 30.0 Å². The maximum atomic E-state index is 13.8. The zero-order chi connectivity index (χ0) is 38.8. The van der Waals surface area contributed by atoms with Gasteiger partial charge in [-0.3, -0.25) is 14.6 Å². The molecule has 0 saturated carbocycles. The minimum atomic E-state index is -1.09. The Hall–Kier alpha value is -4.43. The number of nitrogens with one attached hydrogen (secondary N) is 1. The Bertz CT molecular complexity index is 1930. The van der Waals surface area contributed by atoms with Crippen molar-refractivity contribution in [1.82, 2.24) is 15.1 Å². The molecule has 15 nitrogen and oxygen atoms in total. The van der Waals surface area contributed by atoms with Gasteiger partial charge < -0.3 is 43.2 Å². The molecular formula is C38H46N4O11S. The molecule has 5 aliphatic heterocycles. The number of carbonyl (C=O) groups is 3. The molecule has 7 atom stereocenters. The number of aryl methyl sites for hydroxylation is 1. The number of piperazine rings is 1. The number of fused-ring (bicyclic) bond motifs is 9. The Balaban J connectivity index is 1.49. The van der Waals surface area contributed by atoms with Crippen molar-refractivity contribution in [2.24, 2.45) is 0 Å². The Morgan fingerprint density at radius 2 is 1.81 bits per heavy atom. The molecule has 5 heterocycles. The van der Waals surface area contributed by atoms with Gasteiger partial charge in [0, 0.05) is 54.1 Å². The standard InChI is InChI=1S/C38H46N4O11S/c1-17-10-20-11-22-23(12-39)42-24-13-48-36(44)21(40-37(45)53-38(4,5)6)14-54-35(27-26(24)34-32(50-16-51-34)18(2)31(27)52-19(3)43)29(42)28(41(22)7)25(20)33(30(17)47-9)49-15-46-8/h10,21-24,28-29,35H,11,13-16H2,1-9H3,(H,40,45)/t21?,22-,23-,24-,28+,29?,35+/m0/s1. The predicted octanol–water partition coefficient (Wildman–Crippen LogP) is 4.40. The summed E-state index contributed by atoms with van der Waals surface area (Å²) in [4.78, 5) is 44.1. The molecule has 0 aliphatic carbocycles. The van der Waals surface area contributed by atoms with Gasteiger partial charge in [-0.05, 0) is 59.2 Å². The highest BCUT2D eigenvalue weighted by Gasteiger charge is 2.61. The van der Waals surface area contributed by atoms with Gasteiger partial charge >= 0.3 is 18.0 Å². The lowest BCUT2D eigenvalue weighted by Crippen LogP contribution is -2.69. The van der Waals surface area contributed by atoms with E-state index in [1.165, 1.54) is 18.7 Å². The number of thioether (sulfide) groups is 1. The van der Waals surface area contributed by atoms with Crippen LogP contribution in [0.1, 0.15) is 78.4 Å². The number of alkyl carbamates (subject to hydrolysis) is 1. The van der Waals surface area contributed by atoms with Gasteiger partial charge in [0.25, 0.3) is 0 Å². The van der Waals surface area contributed by atoms with E-state index in [1.807, 2.05) is 20.9 Å². The second kappa shape index (κ2) is 14.3. The Kier molecular flexibility index (Phi) is 10.1. The zero-order valence-corrected chi connectivity index (χ0v) is 32.7. The first kappa shape index (κ1) is 37.9. The fourth-order valence-corrected chi connectivity index (χ4v) is 10.3. The molecule has 4 bridgehead atoms. The summed E-state index contributed by atoms with van der Waals surface area (Å²) in [6.07, 6.45) is -0.232. The lowest BCUT2D eigenvalue weighted by Gasteiger charge is -2.61. The maximum absolute atomic E-state index is 13.8. The minimum absolute atomic E-state index is 0.0296. The third-order valence-corrected chi connectivity index (χ3v) is 12.1. The van der Waals surface area contributed by atoms with Crippen LogP contribution in [0.25, 0.3) is 0 Å². The van der Waals surface area contributed by atoms with Crippen LogP contribution in [0.5, 0.6) is 28.7 Å². The van der Waals surface area contributed by atoms with Crippen molar-refractivity contribution < 1.29 is 52.3 Å². The van der Waals surface area contributed by atoms with E-state index in [0.717, 1.165) is 16.7 Å². The average molecular weight is 767 g/mol. The van der Waals surface area contributed by atoms with Gasteiger partial charge in [0.05, 0.1) is 30.5 Å². The fraction of sp³-hybridized carbons (Fsp3) is 0.579. The number of likely N-dealkylation sites (N-methyl/N-ethyl adjacent to an activating group) is 1. The minimum Gasteiger partial charge on any atom is -0.493 e. The Morgan fingerprint density at radius 1 is 1.07 bits per heavy atom. The third kappa shape index (κ3) is 6.24. The predicted molar refractivity (Wildman–Crippen MR) is 194 cm³/mol. The van der Waals surface area contributed by atoms with Crippen LogP contribution in [-0.4, -0.2) is 105 Å². The molecule has 16 heteroatoms. The summed E-state index contributed by atoms with van der Waals surface area (Å²) in [5.41, 5.74) is 3.86. The summed E-state index contributed by atoms with van der Waals surface area (Å²) >= 11 is 1.39. The number of rotatable bonds is 6. The number of ether oxygens (including phenoxy) is 8. The first-order valence-electron chi connectivity index (χ1n) is 17.8. The Morgan fingerprint density at radius 3 is 2.48 bits per heavy atom. The molecule has 5 aliphatic rings. The van der Waals surface area contributed by atoms with Crippen molar-refractivity contribution in [2.45, 2.75) is 95.1 Å². The number of benzene rings is 2. The molecule has 0 aromatic heterocycles. The number of nitrogens with zero attached hydrogens (tertiary/aromatic N) is 3. The van der Waals surface area contributed by atoms with Gasteiger partial charge in [0.2, 0.25) is 6.79 Å². The lowest BCUT2D eigenvalue weighted by atomic mass is 9.71. The molecule has 7 rings (SSSR count). The normalized spacial score (nSPS) is 27.0. The van der Waals surface area contributed by atoms with Crippen LogP contribution in [0.15, 0.2) is 6.07 Å². The molecule has 1 N–H and O–H groups in total. The third-order valence-electron chi connectivity index (χ3n) is 10.7. The summed E-state index contributed by atoms with van der Waals surface area (Å²) in [5.74, 6) is 1.18. The highest BCUT2D eigenvalue weighted by Crippen LogP contribution is 2.64. The molecule has 2 saturated heterocycles. The molecule has 2 fully saturated rings. The van der Waals surface area contributed by atoms with Crippen LogP contribution in [0.2, 0.25) is 0 Å². The number of hydrogen-bond acceptors (Lipinski definition) is 15. The van der Waals surface area contributed by atoms with E-state index in [4.69, 9.17) is 37.9 Å². The van der Waals surface area contributed by atoms with Crippen LogP contribution >= 0.6 is 11.8 Å². The first-order chi connectivity index (χ1) is 25.7. The number of amides is 1. The van der Waals surface area contributed by atoms with Gasteiger partial charge in [-0.1, -0.05) is 6.07 Å². The van der Waals surface area contributed by atoms with Crippen LogP contribution in [0.4, 0.5) is 4.79 Å². The monoisotopic (exact) mass is 766 g/mol. The molecular weight excluding hydrogens is 721 g/mol. The second-order valence-corrected chi connectivity index (χ2v) is 16.3. The second-order valence-electron chi connectivity index (χ2n) is 15.1. The number of esters is 2. The van der Waals surface area contributed by atoms with E-state index in [9.17, 15) is 19.6 Å². The summed E-state index contributed by atoms with van der Waals surface area (Å²) < 4.78 is 47.5. The van der Waals surface area contributed by atoms with Crippen LogP contribution in [0.3, 0.4) is 0 Å². The summed E-state index contributed by atoms with van der Waals surface area (Å²) in [6.45, 7) is 10.0.